The Balaban J connectivity index is 2.46. The Kier molecular flexibility index (Phi) is 4.45. The molecule has 0 saturated carbocycles. The van der Waals surface area contributed by atoms with Crippen LogP contribution < -0.4 is 11.1 Å². The van der Waals surface area contributed by atoms with Crippen molar-refractivity contribution in [2.24, 2.45) is 5.73 Å². The molecule has 16 heavy (non-hydrogen) atoms. The number of aromatic nitrogens is 1. The number of amides is 1. The molecule has 1 aromatic heterocycles. The number of primary amides is 1. The molecular weight excluding hydrogens is 208 g/mol. The number of likely N-dealkylation sites (N-methyl/N-ethyl adjacent to an activating group) is 1. The SMILES string of the molecule is CC(NCCN(C)C)c1cc(C(N)=O)no1. The molecule has 0 aliphatic carbocycles. The molecule has 0 fully saturated rings. The van der Waals surface area contributed by atoms with Crippen LogP contribution in [-0.2, 0) is 0 Å². The predicted octanol–water partition coefficient (Wildman–Crippen LogP) is -0.0143. The van der Waals surface area contributed by atoms with Crippen molar-refractivity contribution in [1.29, 1.82) is 0 Å². The van der Waals surface area contributed by atoms with Gasteiger partial charge >= 0.3 is 0 Å². The van der Waals surface area contributed by atoms with Crippen molar-refractivity contribution >= 4 is 5.91 Å². The van der Waals surface area contributed by atoms with Crippen LogP contribution in [-0.4, -0.2) is 43.1 Å². The van der Waals surface area contributed by atoms with E-state index in [0.717, 1.165) is 13.1 Å². The summed E-state index contributed by atoms with van der Waals surface area (Å²) in [4.78, 5) is 12.9. The summed E-state index contributed by atoms with van der Waals surface area (Å²) in [5.74, 6) is 0.0445. The fraction of sp³-hybridized carbons (Fsp3) is 0.600. The molecule has 0 aromatic carbocycles. The molecule has 0 saturated heterocycles. The van der Waals surface area contributed by atoms with Crippen LogP contribution in [0.1, 0.15) is 29.2 Å². The van der Waals surface area contributed by atoms with Gasteiger partial charge in [0.25, 0.3) is 5.91 Å². The third-order valence-electron chi connectivity index (χ3n) is 2.22. The summed E-state index contributed by atoms with van der Waals surface area (Å²) >= 11 is 0. The molecule has 6 nitrogen and oxygen atoms in total. The largest absolute Gasteiger partial charge is 0.364 e. The van der Waals surface area contributed by atoms with Gasteiger partial charge < -0.3 is 20.5 Å². The van der Waals surface area contributed by atoms with Crippen molar-refractivity contribution in [2.45, 2.75) is 13.0 Å². The first-order valence-electron chi connectivity index (χ1n) is 5.15. The van der Waals surface area contributed by atoms with Crippen LogP contribution >= 0.6 is 0 Å². The van der Waals surface area contributed by atoms with E-state index in [9.17, 15) is 4.79 Å². The molecule has 0 spiro atoms. The van der Waals surface area contributed by atoms with Gasteiger partial charge in [-0.3, -0.25) is 4.79 Å². The summed E-state index contributed by atoms with van der Waals surface area (Å²) in [5.41, 5.74) is 5.24. The topological polar surface area (TPSA) is 84.4 Å². The van der Waals surface area contributed by atoms with Gasteiger partial charge in [0.2, 0.25) is 0 Å². The number of carbonyl (C=O) groups is 1. The number of hydrogen-bond donors (Lipinski definition) is 2. The van der Waals surface area contributed by atoms with Gasteiger partial charge in [0.1, 0.15) is 0 Å². The van der Waals surface area contributed by atoms with Crippen molar-refractivity contribution in [1.82, 2.24) is 15.4 Å². The average molecular weight is 226 g/mol. The van der Waals surface area contributed by atoms with E-state index in [1.807, 2.05) is 21.0 Å². The second-order valence-corrected chi connectivity index (χ2v) is 3.96. The van der Waals surface area contributed by atoms with Crippen molar-refractivity contribution in [2.75, 3.05) is 27.2 Å². The van der Waals surface area contributed by atoms with Crippen molar-refractivity contribution in [3.05, 3.63) is 17.5 Å². The highest BCUT2D eigenvalue weighted by molar-refractivity contribution is 5.90. The molecule has 1 heterocycles. The van der Waals surface area contributed by atoms with Gasteiger partial charge in [-0.2, -0.15) is 0 Å². The smallest absolute Gasteiger partial charge is 0.270 e. The zero-order chi connectivity index (χ0) is 12.1. The van der Waals surface area contributed by atoms with E-state index in [1.165, 1.54) is 0 Å². The molecule has 6 heteroatoms. The number of nitrogens with zero attached hydrogens (tertiary/aromatic N) is 2. The Morgan fingerprint density at radius 2 is 2.38 bits per heavy atom. The highest BCUT2D eigenvalue weighted by Crippen LogP contribution is 2.12. The van der Waals surface area contributed by atoms with E-state index in [-0.39, 0.29) is 11.7 Å². The third-order valence-corrected chi connectivity index (χ3v) is 2.22. The fourth-order valence-corrected chi connectivity index (χ4v) is 1.21. The predicted molar refractivity (Wildman–Crippen MR) is 60.0 cm³/mol. The van der Waals surface area contributed by atoms with Crippen LogP contribution in [0.5, 0.6) is 0 Å². The molecule has 0 aliphatic heterocycles. The number of hydrogen-bond acceptors (Lipinski definition) is 5. The number of rotatable bonds is 6. The van der Waals surface area contributed by atoms with Gasteiger partial charge in [-0.1, -0.05) is 5.16 Å². The van der Waals surface area contributed by atoms with Crippen LogP contribution in [0.2, 0.25) is 0 Å². The minimum absolute atomic E-state index is 0.0144. The molecule has 0 bridgehead atoms. The van der Waals surface area contributed by atoms with E-state index in [0.29, 0.717) is 5.76 Å². The monoisotopic (exact) mass is 226 g/mol. The summed E-state index contributed by atoms with van der Waals surface area (Å²) in [6.45, 7) is 3.71. The highest BCUT2D eigenvalue weighted by Gasteiger charge is 2.14. The summed E-state index contributed by atoms with van der Waals surface area (Å²) in [6, 6.07) is 1.58. The van der Waals surface area contributed by atoms with E-state index < -0.39 is 5.91 Å². The quantitative estimate of drug-likeness (QED) is 0.712. The first-order chi connectivity index (χ1) is 7.50. The zero-order valence-electron chi connectivity index (χ0n) is 9.86. The first-order valence-corrected chi connectivity index (χ1v) is 5.15. The second-order valence-electron chi connectivity index (χ2n) is 3.96. The molecule has 3 N–H and O–H groups in total. The van der Waals surface area contributed by atoms with E-state index in [1.54, 1.807) is 6.07 Å². The maximum Gasteiger partial charge on any atom is 0.270 e. The van der Waals surface area contributed by atoms with Gasteiger partial charge in [-0.15, -0.1) is 0 Å². The number of nitrogens with one attached hydrogen (secondary N) is 1. The molecule has 90 valence electrons. The maximum atomic E-state index is 10.8. The Morgan fingerprint density at radius 3 is 2.88 bits per heavy atom. The molecule has 1 aromatic rings. The van der Waals surface area contributed by atoms with Gasteiger partial charge in [0.05, 0.1) is 6.04 Å². The van der Waals surface area contributed by atoms with Gasteiger partial charge in [-0.05, 0) is 21.0 Å². The molecule has 1 unspecified atom stereocenters. The average Bonchev–Trinajstić information content (AvgIpc) is 2.65. The standard InChI is InChI=1S/C10H18N4O2/c1-7(12-4-5-14(2)3)9-6-8(10(11)15)13-16-9/h6-7,12H,4-5H2,1-3H3,(H2,11,15). The lowest BCUT2D eigenvalue weighted by atomic mass is 10.2. The lowest BCUT2D eigenvalue weighted by molar-refractivity contribution is 0.0991. The summed E-state index contributed by atoms with van der Waals surface area (Å²) in [7, 11) is 4.01. The summed E-state index contributed by atoms with van der Waals surface area (Å²) in [5, 5.41) is 6.83. The van der Waals surface area contributed by atoms with E-state index >= 15 is 0 Å². The third kappa shape index (κ3) is 3.63. The van der Waals surface area contributed by atoms with Crippen LogP contribution in [0.25, 0.3) is 0 Å². The van der Waals surface area contributed by atoms with Crippen LogP contribution in [0.15, 0.2) is 10.6 Å². The Bertz CT molecular complexity index is 348. The minimum atomic E-state index is -0.574. The molecular formula is C10H18N4O2. The van der Waals surface area contributed by atoms with Gasteiger partial charge in [0, 0.05) is 19.2 Å². The van der Waals surface area contributed by atoms with Gasteiger partial charge in [-0.25, -0.2) is 0 Å². The molecule has 0 aliphatic rings. The van der Waals surface area contributed by atoms with Crippen molar-refractivity contribution < 1.29 is 9.32 Å². The summed E-state index contributed by atoms with van der Waals surface area (Å²) in [6.07, 6.45) is 0. The van der Waals surface area contributed by atoms with Gasteiger partial charge in [0.15, 0.2) is 11.5 Å². The second kappa shape index (κ2) is 5.62. The minimum Gasteiger partial charge on any atom is -0.364 e. The lowest BCUT2D eigenvalue weighted by Gasteiger charge is -2.13. The summed E-state index contributed by atoms with van der Waals surface area (Å²) < 4.78 is 5.02. The van der Waals surface area contributed by atoms with E-state index in [2.05, 4.69) is 15.4 Å². The van der Waals surface area contributed by atoms with Crippen molar-refractivity contribution in [3.63, 3.8) is 0 Å². The first kappa shape index (κ1) is 12.7. The van der Waals surface area contributed by atoms with Crippen LogP contribution in [0.3, 0.4) is 0 Å². The number of nitrogens with two attached hydrogens (primary N) is 1. The highest BCUT2D eigenvalue weighted by atomic mass is 16.5. The molecule has 1 amide bonds. The fourth-order valence-electron chi connectivity index (χ4n) is 1.21. The molecule has 0 radical (unpaired) electrons. The maximum absolute atomic E-state index is 10.8. The molecule has 1 rings (SSSR count). The molecule has 1 atom stereocenters. The number of carbonyl (C=O) groups excluding carboxylic acids is 1. The van der Waals surface area contributed by atoms with Crippen molar-refractivity contribution in [3.8, 4) is 0 Å². The lowest BCUT2D eigenvalue weighted by Crippen LogP contribution is -2.28. The zero-order valence-corrected chi connectivity index (χ0v) is 9.86. The van der Waals surface area contributed by atoms with Crippen LogP contribution in [0, 0.1) is 0 Å². The Labute approximate surface area is 94.8 Å². The Hall–Kier alpha value is -1.40. The normalized spacial score (nSPS) is 13.0. The van der Waals surface area contributed by atoms with E-state index in [4.69, 9.17) is 10.3 Å². The Morgan fingerprint density at radius 1 is 1.69 bits per heavy atom. The van der Waals surface area contributed by atoms with Crippen LogP contribution in [0.4, 0.5) is 0 Å².